The van der Waals surface area contributed by atoms with Crippen LogP contribution >= 0.6 is 15.9 Å². The van der Waals surface area contributed by atoms with Crippen LogP contribution in [0.3, 0.4) is 0 Å². The molecule has 2 heterocycles. The Labute approximate surface area is 157 Å². The number of nitrogens with one attached hydrogen (secondary N) is 1. The van der Waals surface area contributed by atoms with E-state index in [4.69, 9.17) is 4.52 Å². The van der Waals surface area contributed by atoms with Crippen molar-refractivity contribution in [2.45, 2.75) is 0 Å². The van der Waals surface area contributed by atoms with E-state index in [0.717, 1.165) is 15.7 Å². The van der Waals surface area contributed by atoms with Gasteiger partial charge >= 0.3 is 0 Å². The van der Waals surface area contributed by atoms with Crippen LogP contribution < -0.4 is 5.32 Å². The summed E-state index contributed by atoms with van der Waals surface area (Å²) in [6.07, 6.45) is 3.48. The molecule has 0 radical (unpaired) electrons. The molecule has 4 rings (SSSR count). The number of nitrogens with zero attached hydrogens (tertiary/aromatic N) is 3. The molecule has 0 atom stereocenters. The Morgan fingerprint density at radius 2 is 1.92 bits per heavy atom. The molecule has 0 spiro atoms. The van der Waals surface area contributed by atoms with E-state index in [-0.39, 0.29) is 11.7 Å². The van der Waals surface area contributed by atoms with Crippen molar-refractivity contribution in [3.05, 3.63) is 83.3 Å². The Kier molecular flexibility index (Phi) is 4.37. The van der Waals surface area contributed by atoms with Crippen molar-refractivity contribution in [1.29, 1.82) is 0 Å². The first-order chi connectivity index (χ1) is 12.7. The molecule has 4 aromatic rings. The zero-order valence-electron chi connectivity index (χ0n) is 13.5. The molecule has 0 aliphatic heterocycles. The summed E-state index contributed by atoms with van der Waals surface area (Å²) >= 11 is 3.42. The molecule has 1 N–H and O–H groups in total. The number of carbonyl (C=O) groups excluding carboxylic acids is 1. The van der Waals surface area contributed by atoms with Gasteiger partial charge in [-0.2, -0.15) is 5.10 Å². The van der Waals surface area contributed by atoms with Crippen LogP contribution in [0.15, 0.2) is 82.1 Å². The summed E-state index contributed by atoms with van der Waals surface area (Å²) in [4.78, 5) is 12.6. The maximum Gasteiger partial charge on any atom is 0.294 e. The number of hydrogen-bond donors (Lipinski definition) is 1. The summed E-state index contributed by atoms with van der Waals surface area (Å²) in [5.74, 6) is -0.249. The van der Waals surface area contributed by atoms with Gasteiger partial charge in [-0.25, -0.2) is 4.68 Å². The largest absolute Gasteiger partial charge is 0.350 e. The lowest BCUT2D eigenvalue weighted by Crippen LogP contribution is -2.13. The Balaban J connectivity index is 1.61. The van der Waals surface area contributed by atoms with Crippen molar-refractivity contribution in [3.63, 3.8) is 0 Å². The van der Waals surface area contributed by atoms with Gasteiger partial charge in [-0.05, 0) is 24.3 Å². The van der Waals surface area contributed by atoms with E-state index in [1.54, 1.807) is 23.1 Å². The minimum Gasteiger partial charge on any atom is -0.350 e. The molecular formula is C19H13BrN4O2. The molecule has 0 saturated carbocycles. The number of halogens is 1. The van der Waals surface area contributed by atoms with E-state index >= 15 is 0 Å². The summed E-state index contributed by atoms with van der Waals surface area (Å²) < 4.78 is 7.74. The molecule has 2 aromatic carbocycles. The minimum atomic E-state index is -0.383. The molecule has 6 nitrogen and oxygen atoms in total. The third-order valence-corrected chi connectivity index (χ3v) is 4.25. The van der Waals surface area contributed by atoms with Crippen molar-refractivity contribution in [3.8, 4) is 16.9 Å². The van der Waals surface area contributed by atoms with E-state index < -0.39 is 0 Å². The summed E-state index contributed by atoms with van der Waals surface area (Å²) in [6.45, 7) is 0. The molecule has 7 heteroatoms. The number of amides is 1. The fourth-order valence-electron chi connectivity index (χ4n) is 2.53. The Morgan fingerprint density at radius 1 is 1.08 bits per heavy atom. The third-order valence-electron chi connectivity index (χ3n) is 3.76. The lowest BCUT2D eigenvalue weighted by Gasteiger charge is -2.10. The summed E-state index contributed by atoms with van der Waals surface area (Å²) in [7, 11) is 0. The van der Waals surface area contributed by atoms with Gasteiger partial charge in [0.1, 0.15) is 5.69 Å². The molecule has 2 aromatic heterocycles. The number of hydrogen-bond acceptors (Lipinski definition) is 4. The van der Waals surface area contributed by atoms with E-state index in [0.29, 0.717) is 11.4 Å². The van der Waals surface area contributed by atoms with Gasteiger partial charge in [0.05, 0.1) is 11.4 Å². The van der Waals surface area contributed by atoms with Gasteiger partial charge in [-0.15, -0.1) is 0 Å². The van der Waals surface area contributed by atoms with Crippen molar-refractivity contribution in [2.24, 2.45) is 0 Å². The van der Waals surface area contributed by atoms with Gasteiger partial charge in [-0.3, -0.25) is 4.79 Å². The quantitative estimate of drug-likeness (QED) is 0.537. The van der Waals surface area contributed by atoms with E-state index in [2.05, 4.69) is 31.5 Å². The van der Waals surface area contributed by atoms with Gasteiger partial charge in [0.25, 0.3) is 5.91 Å². The monoisotopic (exact) mass is 408 g/mol. The van der Waals surface area contributed by atoms with Crippen LogP contribution in [0, 0.1) is 0 Å². The van der Waals surface area contributed by atoms with Gasteiger partial charge in [-0.1, -0.05) is 51.4 Å². The van der Waals surface area contributed by atoms with Crippen LogP contribution in [-0.2, 0) is 0 Å². The predicted octanol–water partition coefficient (Wildman–Crippen LogP) is 4.54. The predicted molar refractivity (Wildman–Crippen MR) is 101 cm³/mol. The fraction of sp³-hybridized carbons (Fsp3) is 0. The van der Waals surface area contributed by atoms with Crippen molar-refractivity contribution >= 4 is 27.5 Å². The highest BCUT2D eigenvalue weighted by Gasteiger charge is 2.16. The average Bonchev–Trinajstić information content (AvgIpc) is 3.35. The Hall–Kier alpha value is -3.19. The van der Waals surface area contributed by atoms with Gasteiger partial charge in [0, 0.05) is 28.5 Å². The maximum absolute atomic E-state index is 12.6. The van der Waals surface area contributed by atoms with Crippen molar-refractivity contribution < 1.29 is 9.32 Å². The molecule has 0 saturated heterocycles. The smallest absolute Gasteiger partial charge is 0.294 e. The average molecular weight is 409 g/mol. The lowest BCUT2D eigenvalue weighted by atomic mass is 10.1. The van der Waals surface area contributed by atoms with Gasteiger partial charge in [0.2, 0.25) is 5.76 Å². The number of aromatic nitrogens is 3. The van der Waals surface area contributed by atoms with Crippen LogP contribution in [0.5, 0.6) is 0 Å². The standard InChI is InChI=1S/C19H13BrN4O2/c20-14-7-8-17(24-10-4-9-21-24)16(11-14)22-19(25)18-12-15(23-26-18)13-5-2-1-3-6-13/h1-12H,(H,22,25). The molecule has 0 fully saturated rings. The SMILES string of the molecule is O=C(Nc1cc(Br)ccc1-n1cccn1)c1cc(-c2ccccc2)no1. The van der Waals surface area contributed by atoms with Gasteiger partial charge < -0.3 is 9.84 Å². The Morgan fingerprint density at radius 3 is 2.69 bits per heavy atom. The first kappa shape index (κ1) is 16.3. The van der Waals surface area contributed by atoms with E-state index in [9.17, 15) is 4.79 Å². The Bertz CT molecular complexity index is 1040. The summed E-state index contributed by atoms with van der Waals surface area (Å²) in [5.41, 5.74) is 2.84. The second-order valence-electron chi connectivity index (χ2n) is 5.51. The highest BCUT2D eigenvalue weighted by atomic mass is 79.9. The minimum absolute atomic E-state index is 0.134. The highest BCUT2D eigenvalue weighted by molar-refractivity contribution is 9.10. The zero-order chi connectivity index (χ0) is 17.9. The molecule has 0 unspecified atom stereocenters. The molecule has 0 aliphatic rings. The lowest BCUT2D eigenvalue weighted by molar-refractivity contribution is 0.0988. The number of rotatable bonds is 4. The third kappa shape index (κ3) is 3.29. The van der Waals surface area contributed by atoms with Crippen molar-refractivity contribution in [1.82, 2.24) is 14.9 Å². The topological polar surface area (TPSA) is 73.0 Å². The second-order valence-corrected chi connectivity index (χ2v) is 6.42. The normalized spacial score (nSPS) is 10.7. The van der Waals surface area contributed by atoms with Crippen LogP contribution in [0.1, 0.15) is 10.6 Å². The van der Waals surface area contributed by atoms with E-state index in [1.807, 2.05) is 54.6 Å². The molecule has 0 aliphatic carbocycles. The number of anilines is 1. The molecule has 26 heavy (non-hydrogen) atoms. The summed E-state index contributed by atoms with van der Waals surface area (Å²) in [5, 5.41) is 11.0. The summed E-state index contributed by atoms with van der Waals surface area (Å²) in [6, 6.07) is 18.5. The van der Waals surface area contributed by atoms with Crippen LogP contribution in [0.25, 0.3) is 16.9 Å². The number of benzene rings is 2. The van der Waals surface area contributed by atoms with Crippen LogP contribution in [-0.4, -0.2) is 20.8 Å². The molecule has 1 amide bonds. The van der Waals surface area contributed by atoms with Crippen molar-refractivity contribution in [2.75, 3.05) is 5.32 Å². The second kappa shape index (κ2) is 6.97. The van der Waals surface area contributed by atoms with Crippen LogP contribution in [0.4, 0.5) is 5.69 Å². The number of carbonyl (C=O) groups is 1. The first-order valence-corrected chi connectivity index (χ1v) is 8.63. The fourth-order valence-corrected chi connectivity index (χ4v) is 2.89. The van der Waals surface area contributed by atoms with Gasteiger partial charge in [0.15, 0.2) is 0 Å². The zero-order valence-corrected chi connectivity index (χ0v) is 15.1. The molecule has 128 valence electrons. The molecule has 0 bridgehead atoms. The molecular weight excluding hydrogens is 396 g/mol. The van der Waals surface area contributed by atoms with Crippen LogP contribution in [0.2, 0.25) is 0 Å². The maximum atomic E-state index is 12.6. The first-order valence-electron chi connectivity index (χ1n) is 7.84. The highest BCUT2D eigenvalue weighted by Crippen LogP contribution is 2.26. The van der Waals surface area contributed by atoms with E-state index in [1.165, 1.54) is 0 Å².